The van der Waals surface area contributed by atoms with Crippen molar-refractivity contribution in [1.82, 2.24) is 4.90 Å². The Kier molecular flexibility index (Phi) is 3.53. The van der Waals surface area contributed by atoms with Gasteiger partial charge in [-0.15, -0.1) is 0 Å². The lowest BCUT2D eigenvalue weighted by atomic mass is 10.1. The summed E-state index contributed by atoms with van der Waals surface area (Å²) in [5.41, 5.74) is 0.777. The van der Waals surface area contributed by atoms with E-state index < -0.39 is 11.6 Å². The number of non-ortho nitro benzene ring substituents is 1. The van der Waals surface area contributed by atoms with Gasteiger partial charge in [-0.3, -0.25) is 15.0 Å². The SMILES string of the molecule is O=[N+]([O-])c1ccc2c(c1)CN(CCF)CCO2. The summed E-state index contributed by atoms with van der Waals surface area (Å²) in [4.78, 5) is 12.1. The molecule has 1 aliphatic heterocycles. The maximum atomic E-state index is 12.3. The molecule has 0 saturated heterocycles. The zero-order valence-corrected chi connectivity index (χ0v) is 9.26. The number of benzene rings is 1. The molecule has 17 heavy (non-hydrogen) atoms. The summed E-state index contributed by atoms with van der Waals surface area (Å²) >= 11 is 0. The van der Waals surface area contributed by atoms with Crippen molar-refractivity contribution in [3.63, 3.8) is 0 Å². The summed E-state index contributed by atoms with van der Waals surface area (Å²) < 4.78 is 17.8. The van der Waals surface area contributed by atoms with Gasteiger partial charge in [0.2, 0.25) is 0 Å². The molecule has 0 saturated carbocycles. The molecule has 0 fully saturated rings. The highest BCUT2D eigenvalue weighted by atomic mass is 19.1. The Hall–Kier alpha value is -1.69. The molecule has 0 bridgehead atoms. The van der Waals surface area contributed by atoms with Crippen LogP contribution in [0.1, 0.15) is 5.56 Å². The average Bonchev–Trinajstić information content (AvgIpc) is 2.50. The fraction of sp³-hybridized carbons (Fsp3) is 0.455. The van der Waals surface area contributed by atoms with E-state index in [2.05, 4.69) is 0 Å². The van der Waals surface area contributed by atoms with Crippen molar-refractivity contribution in [3.8, 4) is 5.75 Å². The summed E-state index contributed by atoms with van der Waals surface area (Å²) in [5, 5.41) is 10.7. The Morgan fingerprint density at radius 2 is 2.35 bits per heavy atom. The van der Waals surface area contributed by atoms with Crippen molar-refractivity contribution in [1.29, 1.82) is 0 Å². The van der Waals surface area contributed by atoms with Crippen molar-refractivity contribution < 1.29 is 14.1 Å². The lowest BCUT2D eigenvalue weighted by molar-refractivity contribution is -0.384. The second-order valence-corrected chi connectivity index (χ2v) is 3.86. The van der Waals surface area contributed by atoms with E-state index in [9.17, 15) is 14.5 Å². The number of nitro benzene ring substituents is 1. The predicted molar refractivity (Wildman–Crippen MR) is 59.8 cm³/mol. The summed E-state index contributed by atoms with van der Waals surface area (Å²) in [6.07, 6.45) is 0. The largest absolute Gasteiger partial charge is 0.492 e. The van der Waals surface area contributed by atoms with Crippen LogP contribution in [0, 0.1) is 10.1 Å². The first-order valence-electron chi connectivity index (χ1n) is 5.39. The van der Waals surface area contributed by atoms with Gasteiger partial charge in [-0.2, -0.15) is 0 Å². The standard InChI is InChI=1S/C11H13FN2O3/c12-3-4-13-5-6-17-11-2-1-10(14(15)16)7-9(11)8-13/h1-2,7H,3-6,8H2. The molecule has 1 aromatic rings. The fourth-order valence-electron chi connectivity index (χ4n) is 1.86. The molecule has 0 radical (unpaired) electrons. The van der Waals surface area contributed by atoms with Gasteiger partial charge in [-0.05, 0) is 6.07 Å². The molecule has 6 heteroatoms. The molecule has 1 aliphatic rings. The molecule has 1 heterocycles. The number of rotatable bonds is 3. The van der Waals surface area contributed by atoms with Gasteiger partial charge >= 0.3 is 0 Å². The van der Waals surface area contributed by atoms with E-state index >= 15 is 0 Å². The van der Waals surface area contributed by atoms with Crippen LogP contribution in [0.3, 0.4) is 0 Å². The van der Waals surface area contributed by atoms with Crippen LogP contribution in [0.4, 0.5) is 10.1 Å². The van der Waals surface area contributed by atoms with E-state index in [4.69, 9.17) is 4.74 Å². The third-order valence-corrected chi connectivity index (χ3v) is 2.71. The van der Waals surface area contributed by atoms with Gasteiger partial charge < -0.3 is 4.74 Å². The monoisotopic (exact) mass is 240 g/mol. The van der Waals surface area contributed by atoms with Gasteiger partial charge in [0.05, 0.1) is 4.92 Å². The second kappa shape index (κ2) is 5.09. The minimum Gasteiger partial charge on any atom is -0.492 e. The Bertz CT molecular complexity index is 425. The van der Waals surface area contributed by atoms with E-state index in [0.717, 1.165) is 5.56 Å². The van der Waals surface area contributed by atoms with E-state index in [-0.39, 0.29) is 5.69 Å². The quantitative estimate of drug-likeness (QED) is 0.596. The molecule has 0 unspecified atom stereocenters. The topological polar surface area (TPSA) is 55.6 Å². The van der Waals surface area contributed by atoms with Crippen molar-refractivity contribution >= 4 is 5.69 Å². The lowest BCUT2D eigenvalue weighted by Gasteiger charge is -2.16. The number of nitrogens with zero attached hydrogens (tertiary/aromatic N) is 2. The Balaban J connectivity index is 2.25. The number of hydrogen-bond donors (Lipinski definition) is 0. The summed E-state index contributed by atoms with van der Waals surface area (Å²) in [6, 6.07) is 4.52. The molecule has 0 N–H and O–H groups in total. The zero-order chi connectivity index (χ0) is 12.3. The van der Waals surface area contributed by atoms with Crippen LogP contribution < -0.4 is 4.74 Å². The fourth-order valence-corrected chi connectivity index (χ4v) is 1.86. The molecular weight excluding hydrogens is 227 g/mol. The van der Waals surface area contributed by atoms with E-state index in [1.807, 2.05) is 4.90 Å². The number of ether oxygens (including phenoxy) is 1. The third-order valence-electron chi connectivity index (χ3n) is 2.71. The third kappa shape index (κ3) is 2.71. The molecule has 0 aromatic heterocycles. The summed E-state index contributed by atoms with van der Waals surface area (Å²) in [7, 11) is 0. The highest BCUT2D eigenvalue weighted by molar-refractivity contribution is 5.44. The van der Waals surface area contributed by atoms with Crippen LogP contribution in [0.5, 0.6) is 5.75 Å². The van der Waals surface area contributed by atoms with Gasteiger partial charge in [-0.1, -0.05) is 0 Å². The molecule has 0 aliphatic carbocycles. The number of nitro groups is 1. The molecule has 0 atom stereocenters. The van der Waals surface area contributed by atoms with Crippen LogP contribution in [0.2, 0.25) is 0 Å². The Labute approximate surface area is 97.9 Å². The van der Waals surface area contributed by atoms with Gasteiger partial charge in [0, 0.05) is 37.3 Å². The molecule has 92 valence electrons. The van der Waals surface area contributed by atoms with Crippen molar-refractivity contribution in [2.75, 3.05) is 26.4 Å². The van der Waals surface area contributed by atoms with Gasteiger partial charge in [0.15, 0.2) is 0 Å². The number of halogens is 1. The van der Waals surface area contributed by atoms with Gasteiger partial charge in [0.1, 0.15) is 19.0 Å². The molecule has 0 spiro atoms. The van der Waals surface area contributed by atoms with Crippen molar-refractivity contribution in [3.05, 3.63) is 33.9 Å². The van der Waals surface area contributed by atoms with Crippen molar-refractivity contribution in [2.45, 2.75) is 6.54 Å². The average molecular weight is 240 g/mol. The summed E-state index contributed by atoms with van der Waals surface area (Å²) in [5.74, 6) is 0.650. The summed E-state index contributed by atoms with van der Waals surface area (Å²) in [6.45, 7) is 1.49. The van der Waals surface area contributed by atoms with Crippen LogP contribution in [-0.4, -0.2) is 36.2 Å². The highest BCUT2D eigenvalue weighted by Crippen LogP contribution is 2.27. The minimum atomic E-state index is -0.440. The minimum absolute atomic E-state index is 0.0365. The lowest BCUT2D eigenvalue weighted by Crippen LogP contribution is -2.27. The van der Waals surface area contributed by atoms with Crippen LogP contribution in [-0.2, 0) is 6.54 Å². The first-order valence-corrected chi connectivity index (χ1v) is 5.39. The smallest absolute Gasteiger partial charge is 0.270 e. The Morgan fingerprint density at radius 3 is 3.06 bits per heavy atom. The van der Waals surface area contributed by atoms with Crippen LogP contribution in [0.25, 0.3) is 0 Å². The number of fused-ring (bicyclic) bond motifs is 1. The molecular formula is C11H13FN2O3. The van der Waals surface area contributed by atoms with Crippen LogP contribution in [0.15, 0.2) is 18.2 Å². The van der Waals surface area contributed by atoms with E-state index in [1.54, 1.807) is 6.07 Å². The normalized spacial score (nSPS) is 15.8. The Morgan fingerprint density at radius 1 is 1.53 bits per heavy atom. The second-order valence-electron chi connectivity index (χ2n) is 3.86. The van der Waals surface area contributed by atoms with E-state index in [0.29, 0.717) is 32.0 Å². The molecule has 2 rings (SSSR count). The first kappa shape index (κ1) is 11.8. The maximum absolute atomic E-state index is 12.3. The number of hydrogen-bond acceptors (Lipinski definition) is 4. The first-order chi connectivity index (χ1) is 8.20. The van der Waals surface area contributed by atoms with Gasteiger partial charge in [0.25, 0.3) is 5.69 Å². The zero-order valence-electron chi connectivity index (χ0n) is 9.26. The van der Waals surface area contributed by atoms with Gasteiger partial charge in [-0.25, -0.2) is 4.39 Å². The molecule has 0 amide bonds. The number of alkyl halides is 1. The van der Waals surface area contributed by atoms with E-state index in [1.165, 1.54) is 12.1 Å². The molecule has 1 aromatic carbocycles. The maximum Gasteiger partial charge on any atom is 0.270 e. The predicted octanol–water partition coefficient (Wildman–Crippen LogP) is 1.76. The molecule has 5 nitrogen and oxygen atoms in total. The van der Waals surface area contributed by atoms with Crippen molar-refractivity contribution in [2.24, 2.45) is 0 Å². The highest BCUT2D eigenvalue weighted by Gasteiger charge is 2.18. The van der Waals surface area contributed by atoms with Crippen LogP contribution >= 0.6 is 0 Å².